The van der Waals surface area contributed by atoms with Crippen molar-refractivity contribution in [2.75, 3.05) is 31.8 Å². The maximum atomic E-state index is 11.7. The number of hydrogen-bond donors (Lipinski definition) is 1. The average molecular weight is 408 g/mol. The van der Waals surface area contributed by atoms with Crippen molar-refractivity contribution in [3.63, 3.8) is 0 Å². The monoisotopic (exact) mass is 408 g/mol. The molecule has 0 bridgehead atoms. The van der Waals surface area contributed by atoms with Crippen LogP contribution in [-0.2, 0) is 24.2 Å². The van der Waals surface area contributed by atoms with Crippen molar-refractivity contribution in [1.82, 2.24) is 5.32 Å². The highest BCUT2D eigenvalue weighted by molar-refractivity contribution is 7.91. The zero-order valence-corrected chi connectivity index (χ0v) is 16.0. The molecular formula is C18H20N2O7S. The van der Waals surface area contributed by atoms with E-state index in [9.17, 15) is 18.0 Å². The fraction of sp³-hybridized carbons (Fsp3) is 0.389. The van der Waals surface area contributed by atoms with Crippen molar-refractivity contribution in [2.24, 2.45) is 0 Å². The van der Waals surface area contributed by atoms with Gasteiger partial charge in [0, 0.05) is 12.1 Å². The maximum Gasteiger partial charge on any atom is 0.331 e. The number of amides is 1. The minimum absolute atomic E-state index is 0.0459. The molecule has 1 atom stereocenters. The van der Waals surface area contributed by atoms with E-state index >= 15 is 0 Å². The predicted molar refractivity (Wildman–Crippen MR) is 99.3 cm³/mol. The van der Waals surface area contributed by atoms with Crippen molar-refractivity contribution in [3.05, 3.63) is 29.8 Å². The Morgan fingerprint density at radius 1 is 1.36 bits per heavy atom. The van der Waals surface area contributed by atoms with Gasteiger partial charge >= 0.3 is 5.97 Å². The first kappa shape index (κ1) is 21.2. The molecule has 28 heavy (non-hydrogen) atoms. The number of methoxy groups -OCH3 is 1. The van der Waals surface area contributed by atoms with Gasteiger partial charge in [0.25, 0.3) is 5.91 Å². The lowest BCUT2D eigenvalue weighted by Crippen LogP contribution is -2.38. The van der Waals surface area contributed by atoms with Gasteiger partial charge in [0.1, 0.15) is 6.07 Å². The quantitative estimate of drug-likeness (QED) is 0.485. The largest absolute Gasteiger partial charge is 0.493 e. The molecule has 1 saturated heterocycles. The maximum absolute atomic E-state index is 11.7. The van der Waals surface area contributed by atoms with Crippen molar-refractivity contribution in [2.45, 2.75) is 12.5 Å². The smallest absolute Gasteiger partial charge is 0.331 e. The molecule has 0 radical (unpaired) electrons. The fourth-order valence-corrected chi connectivity index (χ4v) is 4.22. The molecule has 1 aliphatic heterocycles. The van der Waals surface area contributed by atoms with E-state index < -0.39 is 34.4 Å². The van der Waals surface area contributed by atoms with Gasteiger partial charge in [-0.05, 0) is 30.2 Å². The van der Waals surface area contributed by atoms with Crippen LogP contribution in [0.15, 0.2) is 24.3 Å². The lowest BCUT2D eigenvalue weighted by Gasteiger charge is -2.10. The number of esters is 1. The minimum atomic E-state index is -3.09. The Balaban J connectivity index is 1.83. The summed E-state index contributed by atoms with van der Waals surface area (Å²) in [6.07, 6.45) is 2.98. The van der Waals surface area contributed by atoms with Crippen molar-refractivity contribution in [1.29, 1.82) is 5.26 Å². The second-order valence-electron chi connectivity index (χ2n) is 5.97. The summed E-state index contributed by atoms with van der Waals surface area (Å²) in [6.45, 7) is -0.614. The van der Waals surface area contributed by atoms with Crippen LogP contribution >= 0.6 is 0 Å². The average Bonchev–Trinajstić information content (AvgIpc) is 3.01. The Labute approximate surface area is 162 Å². The van der Waals surface area contributed by atoms with Crippen LogP contribution in [0.25, 0.3) is 6.08 Å². The number of nitriles is 1. The first-order chi connectivity index (χ1) is 13.3. The SMILES string of the molecule is COc1cc(C=CC(=O)OCC(=O)NC2CCS(=O)(=O)C2)ccc1OCC#N. The van der Waals surface area contributed by atoms with E-state index in [0.29, 0.717) is 23.5 Å². The van der Waals surface area contributed by atoms with E-state index in [2.05, 4.69) is 5.32 Å². The third-order valence-electron chi connectivity index (χ3n) is 3.83. The van der Waals surface area contributed by atoms with Gasteiger partial charge in [0.15, 0.2) is 34.6 Å². The first-order valence-corrected chi connectivity index (χ1v) is 10.2. The third-order valence-corrected chi connectivity index (χ3v) is 5.60. The second kappa shape index (κ2) is 9.75. The number of nitrogens with one attached hydrogen (secondary N) is 1. The Hall–Kier alpha value is -3.06. The van der Waals surface area contributed by atoms with Crippen LogP contribution in [0.3, 0.4) is 0 Å². The first-order valence-electron chi connectivity index (χ1n) is 8.35. The summed E-state index contributed by atoms with van der Waals surface area (Å²) in [5, 5.41) is 11.1. The van der Waals surface area contributed by atoms with E-state index in [4.69, 9.17) is 19.5 Å². The summed E-state index contributed by atoms with van der Waals surface area (Å²) in [5.41, 5.74) is 0.624. The minimum Gasteiger partial charge on any atom is -0.493 e. The summed E-state index contributed by atoms with van der Waals surface area (Å²) in [7, 11) is -1.65. The van der Waals surface area contributed by atoms with E-state index in [1.807, 2.05) is 6.07 Å². The van der Waals surface area contributed by atoms with Gasteiger partial charge in [-0.25, -0.2) is 13.2 Å². The third kappa shape index (κ3) is 6.59. The fourth-order valence-electron chi connectivity index (χ4n) is 2.54. The summed E-state index contributed by atoms with van der Waals surface area (Å²) >= 11 is 0. The van der Waals surface area contributed by atoms with Crippen molar-refractivity contribution < 1.29 is 32.2 Å². The molecule has 1 unspecified atom stereocenters. The normalized spacial score (nSPS) is 17.6. The molecule has 2 rings (SSSR count). The highest BCUT2D eigenvalue weighted by Gasteiger charge is 2.28. The van der Waals surface area contributed by atoms with E-state index in [-0.39, 0.29) is 18.1 Å². The molecule has 150 valence electrons. The van der Waals surface area contributed by atoms with Crippen LogP contribution in [0.5, 0.6) is 11.5 Å². The molecule has 0 spiro atoms. The Morgan fingerprint density at radius 3 is 2.79 bits per heavy atom. The summed E-state index contributed by atoms with van der Waals surface area (Å²) < 4.78 is 37.9. The summed E-state index contributed by atoms with van der Waals surface area (Å²) in [6, 6.07) is 6.29. The Kier molecular flexibility index (Phi) is 7.40. The van der Waals surface area contributed by atoms with E-state index in [0.717, 1.165) is 6.08 Å². The van der Waals surface area contributed by atoms with Crippen LogP contribution < -0.4 is 14.8 Å². The Bertz CT molecular complexity index is 903. The number of carbonyl (C=O) groups is 2. The van der Waals surface area contributed by atoms with E-state index in [1.165, 1.54) is 13.2 Å². The zero-order valence-electron chi connectivity index (χ0n) is 15.2. The van der Waals surface area contributed by atoms with E-state index in [1.54, 1.807) is 18.2 Å². The topological polar surface area (TPSA) is 132 Å². The van der Waals surface area contributed by atoms with Gasteiger partial charge in [-0.15, -0.1) is 0 Å². The molecule has 9 nitrogen and oxygen atoms in total. The second-order valence-corrected chi connectivity index (χ2v) is 8.19. The van der Waals surface area contributed by atoms with Gasteiger partial charge in [0.05, 0.1) is 18.6 Å². The van der Waals surface area contributed by atoms with Gasteiger partial charge in [-0.1, -0.05) is 6.07 Å². The zero-order chi connectivity index (χ0) is 20.6. The van der Waals surface area contributed by atoms with Crippen LogP contribution in [0.4, 0.5) is 0 Å². The molecule has 0 saturated carbocycles. The number of hydrogen-bond acceptors (Lipinski definition) is 8. The molecule has 0 aliphatic carbocycles. The van der Waals surface area contributed by atoms with Crippen molar-refractivity contribution in [3.8, 4) is 17.6 Å². The molecule has 1 amide bonds. The van der Waals surface area contributed by atoms with Gasteiger partial charge in [-0.3, -0.25) is 4.79 Å². The highest BCUT2D eigenvalue weighted by Crippen LogP contribution is 2.28. The Morgan fingerprint density at radius 2 is 2.14 bits per heavy atom. The molecule has 1 fully saturated rings. The molecule has 1 N–H and O–H groups in total. The number of rotatable bonds is 8. The lowest BCUT2D eigenvalue weighted by atomic mass is 10.2. The standard InChI is InChI=1S/C18H20N2O7S/c1-25-16-10-13(2-4-15(16)26-8-7-19)3-5-18(22)27-11-17(21)20-14-6-9-28(23,24)12-14/h2-5,10,14H,6,8-9,11-12H2,1H3,(H,20,21). The number of nitrogens with zero attached hydrogens (tertiary/aromatic N) is 1. The lowest BCUT2D eigenvalue weighted by molar-refractivity contribution is -0.143. The van der Waals surface area contributed by atoms with Crippen molar-refractivity contribution >= 4 is 27.8 Å². The molecule has 1 aromatic carbocycles. The molecular weight excluding hydrogens is 388 g/mol. The summed E-state index contributed by atoms with van der Waals surface area (Å²) in [4.78, 5) is 23.5. The number of benzene rings is 1. The predicted octanol–water partition coefficient (Wildman–Crippen LogP) is 0.457. The summed E-state index contributed by atoms with van der Waals surface area (Å²) in [5.74, 6) is -0.527. The highest BCUT2D eigenvalue weighted by atomic mass is 32.2. The van der Waals surface area contributed by atoms with Gasteiger partial charge in [0.2, 0.25) is 0 Å². The molecule has 10 heteroatoms. The van der Waals surface area contributed by atoms with Crippen LogP contribution in [0.1, 0.15) is 12.0 Å². The van der Waals surface area contributed by atoms with Crippen LogP contribution in [-0.4, -0.2) is 58.2 Å². The van der Waals surface area contributed by atoms with Gasteiger partial charge < -0.3 is 19.5 Å². The van der Waals surface area contributed by atoms with Crippen LogP contribution in [0.2, 0.25) is 0 Å². The molecule has 1 heterocycles. The van der Waals surface area contributed by atoms with Crippen LogP contribution in [0, 0.1) is 11.3 Å². The number of carbonyl (C=O) groups excluding carboxylic acids is 2. The number of sulfone groups is 1. The molecule has 1 aliphatic rings. The van der Waals surface area contributed by atoms with Gasteiger partial charge in [-0.2, -0.15) is 5.26 Å². The molecule has 0 aromatic heterocycles. The molecule has 1 aromatic rings. The number of ether oxygens (including phenoxy) is 3.